The van der Waals surface area contributed by atoms with E-state index < -0.39 is 27.8 Å². The van der Waals surface area contributed by atoms with E-state index >= 15 is 0 Å². The number of carbonyl (C=O) groups is 1. The lowest BCUT2D eigenvalue weighted by Gasteiger charge is -2.15. The number of thioether (sulfide) groups is 1. The number of ether oxygens (including phenoxy) is 1. The number of sulfonamides is 1. The van der Waals surface area contributed by atoms with Crippen LogP contribution in [0.5, 0.6) is 5.75 Å². The highest BCUT2D eigenvalue weighted by molar-refractivity contribution is 8.00. The Morgan fingerprint density at radius 3 is 2.46 bits per heavy atom. The van der Waals surface area contributed by atoms with Crippen LogP contribution in [0.2, 0.25) is 0 Å². The lowest BCUT2D eigenvalue weighted by Crippen LogP contribution is -2.23. The summed E-state index contributed by atoms with van der Waals surface area (Å²) in [5.74, 6) is -0.582. The maximum Gasteiger partial charge on any atom is 0.387 e. The second-order valence-electron chi connectivity index (χ2n) is 5.74. The van der Waals surface area contributed by atoms with E-state index in [0.717, 1.165) is 16.1 Å². The maximum absolute atomic E-state index is 12.5. The minimum absolute atomic E-state index is 0.0389. The first-order valence-corrected chi connectivity index (χ1v) is 10.3. The summed E-state index contributed by atoms with van der Waals surface area (Å²) in [6, 6.07) is 8.77. The largest absolute Gasteiger partial charge is 0.433 e. The molecule has 1 heterocycles. The van der Waals surface area contributed by atoms with E-state index in [9.17, 15) is 22.0 Å². The summed E-state index contributed by atoms with van der Waals surface area (Å²) >= 11 is 1.10. The molecule has 0 fully saturated rings. The quantitative estimate of drug-likeness (QED) is 0.647. The number of carbonyl (C=O) groups excluding carboxylic acids is 1. The second kappa shape index (κ2) is 9.30. The number of benzene rings is 1. The molecule has 0 radical (unpaired) electrons. The normalized spacial score (nSPS) is 12.8. The minimum Gasteiger partial charge on any atom is -0.433 e. The molecule has 152 valence electrons. The number of pyridine rings is 1. The highest BCUT2D eigenvalue weighted by Crippen LogP contribution is 2.28. The molecular formula is C17H19F2N3O4S2. The van der Waals surface area contributed by atoms with E-state index in [1.165, 1.54) is 50.6 Å². The van der Waals surface area contributed by atoms with Crippen molar-refractivity contribution in [3.63, 3.8) is 0 Å². The number of halogens is 2. The van der Waals surface area contributed by atoms with Crippen LogP contribution >= 0.6 is 11.8 Å². The van der Waals surface area contributed by atoms with E-state index in [2.05, 4.69) is 15.0 Å². The van der Waals surface area contributed by atoms with Gasteiger partial charge >= 0.3 is 6.61 Å². The fraction of sp³-hybridized carbons (Fsp3) is 0.294. The van der Waals surface area contributed by atoms with Gasteiger partial charge < -0.3 is 10.1 Å². The number of amides is 1. The van der Waals surface area contributed by atoms with Crippen molar-refractivity contribution in [2.75, 3.05) is 19.4 Å². The van der Waals surface area contributed by atoms with Gasteiger partial charge in [0.25, 0.3) is 0 Å². The first kappa shape index (κ1) is 22.1. The summed E-state index contributed by atoms with van der Waals surface area (Å²) in [5.41, 5.74) is 0.126. The minimum atomic E-state index is -3.59. The van der Waals surface area contributed by atoms with Crippen LogP contribution in [0.4, 0.5) is 14.5 Å². The third-order valence-corrected chi connectivity index (χ3v) is 6.36. The molecule has 0 aliphatic rings. The van der Waals surface area contributed by atoms with Crippen LogP contribution in [0.1, 0.15) is 6.92 Å². The SMILES string of the molecule is CC(Sc1ccc(S(=O)(=O)N(C)C)cn1)C(=O)Nc1ccccc1OC(F)F. The van der Waals surface area contributed by atoms with Gasteiger partial charge in [0.2, 0.25) is 15.9 Å². The third kappa shape index (κ3) is 5.63. The van der Waals surface area contributed by atoms with Gasteiger partial charge in [-0.15, -0.1) is 0 Å². The van der Waals surface area contributed by atoms with E-state index in [1.54, 1.807) is 13.0 Å². The van der Waals surface area contributed by atoms with Gasteiger partial charge in [0.15, 0.2) is 0 Å². The van der Waals surface area contributed by atoms with Gasteiger partial charge in [0.05, 0.1) is 16.0 Å². The number of rotatable bonds is 8. The van der Waals surface area contributed by atoms with Crippen LogP contribution in [0.3, 0.4) is 0 Å². The van der Waals surface area contributed by atoms with Crippen LogP contribution in [0.25, 0.3) is 0 Å². The predicted molar refractivity (Wildman–Crippen MR) is 102 cm³/mol. The fourth-order valence-electron chi connectivity index (χ4n) is 2.04. The number of hydrogen-bond acceptors (Lipinski definition) is 6. The molecule has 2 rings (SSSR count). The lowest BCUT2D eigenvalue weighted by atomic mass is 10.3. The zero-order valence-electron chi connectivity index (χ0n) is 15.3. The molecule has 1 amide bonds. The van der Waals surface area contributed by atoms with Crippen molar-refractivity contribution < 1.29 is 26.7 Å². The fourth-order valence-corrected chi connectivity index (χ4v) is 3.67. The lowest BCUT2D eigenvalue weighted by molar-refractivity contribution is -0.115. The van der Waals surface area contributed by atoms with Crippen molar-refractivity contribution in [1.82, 2.24) is 9.29 Å². The van der Waals surface area contributed by atoms with E-state index in [-0.39, 0.29) is 16.3 Å². The summed E-state index contributed by atoms with van der Waals surface area (Å²) in [4.78, 5) is 16.5. The van der Waals surface area contributed by atoms with Gasteiger partial charge in [-0.3, -0.25) is 4.79 Å². The van der Waals surface area contributed by atoms with Crippen molar-refractivity contribution in [2.45, 2.75) is 28.7 Å². The molecule has 1 unspecified atom stereocenters. The highest BCUT2D eigenvalue weighted by atomic mass is 32.2. The van der Waals surface area contributed by atoms with Gasteiger partial charge in [-0.2, -0.15) is 8.78 Å². The summed E-state index contributed by atoms with van der Waals surface area (Å²) in [7, 11) is -0.753. The summed E-state index contributed by atoms with van der Waals surface area (Å²) in [6.07, 6.45) is 1.22. The Bertz CT molecular complexity index is 922. The molecule has 0 saturated heterocycles. The topological polar surface area (TPSA) is 88.6 Å². The first-order valence-electron chi connectivity index (χ1n) is 8.01. The Morgan fingerprint density at radius 1 is 1.21 bits per heavy atom. The van der Waals surface area contributed by atoms with Crippen molar-refractivity contribution >= 4 is 33.4 Å². The van der Waals surface area contributed by atoms with Crippen LogP contribution < -0.4 is 10.1 Å². The van der Waals surface area contributed by atoms with Crippen molar-refractivity contribution in [2.24, 2.45) is 0 Å². The average Bonchev–Trinajstić information content (AvgIpc) is 2.63. The molecule has 2 aromatic rings. The molecule has 1 aromatic heterocycles. The number of alkyl halides is 2. The summed E-state index contributed by atoms with van der Waals surface area (Å²) < 4.78 is 54.4. The zero-order chi connectivity index (χ0) is 20.9. The highest BCUT2D eigenvalue weighted by Gasteiger charge is 2.20. The van der Waals surface area contributed by atoms with E-state index in [1.807, 2.05) is 0 Å². The number of aromatic nitrogens is 1. The zero-order valence-corrected chi connectivity index (χ0v) is 16.9. The van der Waals surface area contributed by atoms with Crippen molar-refractivity contribution in [3.05, 3.63) is 42.6 Å². The van der Waals surface area contributed by atoms with Gasteiger partial charge in [-0.1, -0.05) is 23.9 Å². The molecule has 0 aliphatic carbocycles. The van der Waals surface area contributed by atoms with Crippen LogP contribution in [0.15, 0.2) is 52.5 Å². The van der Waals surface area contributed by atoms with E-state index in [4.69, 9.17) is 0 Å². The summed E-state index contributed by atoms with van der Waals surface area (Å²) in [6.45, 7) is -1.39. The molecule has 0 aliphatic heterocycles. The molecular weight excluding hydrogens is 412 g/mol. The number of nitrogens with zero attached hydrogens (tertiary/aromatic N) is 2. The monoisotopic (exact) mass is 431 g/mol. The summed E-state index contributed by atoms with van der Waals surface area (Å²) in [5, 5.41) is 2.36. The molecule has 28 heavy (non-hydrogen) atoms. The van der Waals surface area contributed by atoms with Gasteiger partial charge in [0.1, 0.15) is 10.6 Å². The van der Waals surface area contributed by atoms with Crippen molar-refractivity contribution in [1.29, 1.82) is 0 Å². The second-order valence-corrected chi connectivity index (χ2v) is 9.26. The van der Waals surface area contributed by atoms with Crippen LogP contribution in [-0.2, 0) is 14.8 Å². The van der Waals surface area contributed by atoms with Crippen LogP contribution in [0, 0.1) is 0 Å². The number of para-hydroxylation sites is 2. The van der Waals surface area contributed by atoms with Gasteiger partial charge in [-0.05, 0) is 31.2 Å². The number of nitrogens with one attached hydrogen (secondary N) is 1. The molecule has 0 bridgehead atoms. The maximum atomic E-state index is 12.5. The van der Waals surface area contributed by atoms with Gasteiger partial charge in [-0.25, -0.2) is 17.7 Å². The number of hydrogen-bond donors (Lipinski definition) is 1. The number of anilines is 1. The molecule has 11 heteroatoms. The third-order valence-electron chi connectivity index (χ3n) is 3.52. The molecule has 7 nitrogen and oxygen atoms in total. The smallest absolute Gasteiger partial charge is 0.387 e. The Kier molecular flexibility index (Phi) is 7.33. The molecule has 0 spiro atoms. The van der Waals surface area contributed by atoms with E-state index in [0.29, 0.717) is 5.03 Å². The standard InChI is InChI=1S/C17H19F2N3O4S2/c1-11(16(23)21-13-6-4-5-7-14(13)26-17(18)19)27-15-9-8-12(10-20-15)28(24,25)22(2)3/h4-11,17H,1-3H3,(H,21,23). The van der Waals surface area contributed by atoms with Crippen molar-refractivity contribution in [3.8, 4) is 5.75 Å². The Balaban J connectivity index is 2.05. The van der Waals surface area contributed by atoms with Gasteiger partial charge in [0, 0.05) is 20.3 Å². The Labute approximate surface area is 166 Å². The molecule has 1 atom stereocenters. The van der Waals surface area contributed by atoms with Crippen LogP contribution in [-0.4, -0.2) is 49.6 Å². The molecule has 1 aromatic carbocycles. The first-order chi connectivity index (χ1) is 13.1. The Hall–Kier alpha value is -2.24. The molecule has 1 N–H and O–H groups in total. The molecule has 0 saturated carbocycles. The predicted octanol–water partition coefficient (Wildman–Crippen LogP) is 3.05. The average molecular weight is 431 g/mol. The Morgan fingerprint density at radius 2 is 1.89 bits per heavy atom.